The zero-order chi connectivity index (χ0) is 37.2. The van der Waals surface area contributed by atoms with Gasteiger partial charge in [0.1, 0.15) is 11.2 Å². The molecule has 0 saturated heterocycles. The van der Waals surface area contributed by atoms with E-state index in [0.29, 0.717) is 5.95 Å². The van der Waals surface area contributed by atoms with Crippen LogP contribution in [0.4, 0.5) is 0 Å². The summed E-state index contributed by atoms with van der Waals surface area (Å²) in [4.78, 5) is 11.0. The van der Waals surface area contributed by atoms with Crippen molar-refractivity contribution in [3.63, 3.8) is 0 Å². The number of hydrogen-bond acceptors (Lipinski definition) is 3. The van der Waals surface area contributed by atoms with Crippen LogP contribution in [-0.2, 0) is 0 Å². The molecular weight excluding hydrogens is 697 g/mol. The maximum Gasteiger partial charge on any atom is 0.235 e. The summed E-state index contributed by atoms with van der Waals surface area (Å²) in [6.07, 6.45) is 0. The van der Waals surface area contributed by atoms with Crippen LogP contribution in [0.5, 0.6) is 0 Å². The summed E-state index contributed by atoms with van der Waals surface area (Å²) in [6.45, 7) is 0. The van der Waals surface area contributed by atoms with Crippen LogP contribution >= 0.6 is 0 Å². The van der Waals surface area contributed by atoms with Crippen molar-refractivity contribution in [2.75, 3.05) is 0 Å². The molecule has 4 aromatic heterocycles. The van der Waals surface area contributed by atoms with Crippen LogP contribution in [0.3, 0.4) is 0 Å². The molecule has 0 amide bonds. The highest BCUT2D eigenvalue weighted by molar-refractivity contribution is 6.41. The Bertz CT molecular complexity index is 3740. The molecule has 0 saturated carbocycles. The number of nitrogens with zero attached hydrogens (tertiary/aromatic N) is 4. The van der Waals surface area contributed by atoms with E-state index in [1.165, 1.54) is 43.2 Å². The molecule has 0 aliphatic heterocycles. The first-order valence-electron chi connectivity index (χ1n) is 19.3. The predicted molar refractivity (Wildman–Crippen MR) is 235 cm³/mol. The van der Waals surface area contributed by atoms with Crippen molar-refractivity contribution in [3.8, 4) is 34.2 Å². The largest absolute Gasteiger partial charge is 0.456 e. The Kier molecular flexibility index (Phi) is 6.10. The summed E-state index contributed by atoms with van der Waals surface area (Å²) in [6, 6.07) is 64.5. The van der Waals surface area contributed by atoms with Gasteiger partial charge in [-0.25, -0.2) is 9.97 Å². The molecule has 4 heterocycles. The summed E-state index contributed by atoms with van der Waals surface area (Å²) in [5.74, 6) is 0.612. The van der Waals surface area contributed by atoms with E-state index in [1.807, 2.05) is 24.3 Å². The van der Waals surface area contributed by atoms with E-state index in [9.17, 15) is 0 Å². The summed E-state index contributed by atoms with van der Waals surface area (Å²) < 4.78 is 11.1. The summed E-state index contributed by atoms with van der Waals surface area (Å²) in [5, 5.41) is 12.0. The topological polar surface area (TPSA) is 48.8 Å². The Morgan fingerprint density at radius 1 is 0.351 bits per heavy atom. The molecule has 5 nitrogen and oxygen atoms in total. The SMILES string of the molecule is c1ccc(-c2cc(-c3cccc4oc5ccccc5c34)nc(-n3c4ccccc4c4c5c6ccccc6c6cccc7c6c5c(cc43)n7-c3ccccc3)n2)cc1. The number of hydrogen-bond donors (Lipinski definition) is 0. The van der Waals surface area contributed by atoms with Crippen LogP contribution in [0.2, 0.25) is 0 Å². The standard InChI is InChI=1S/C52H30N4O/c1-3-15-31(16-4-1)39-29-40(36-24-14-28-46-47(36)38-22-10-12-27-45(38)57-46)54-52(53-39)56-41-25-11-9-21-37(41)49-43(56)30-44-51-48-34(33-19-7-8-20-35(33)50(49)51)23-13-26-42(48)55(44)32-17-5-2-6-18-32/h1-30H. The van der Waals surface area contributed by atoms with Gasteiger partial charge in [-0.1, -0.05) is 133 Å². The monoisotopic (exact) mass is 726 g/mol. The van der Waals surface area contributed by atoms with Gasteiger partial charge in [-0.2, -0.15) is 0 Å². The van der Waals surface area contributed by atoms with Crippen molar-refractivity contribution < 1.29 is 4.42 Å². The predicted octanol–water partition coefficient (Wildman–Crippen LogP) is 13.6. The molecule has 0 spiro atoms. The van der Waals surface area contributed by atoms with Gasteiger partial charge < -0.3 is 8.98 Å². The number of para-hydroxylation sites is 3. The Morgan fingerprint density at radius 2 is 0.947 bits per heavy atom. The molecule has 0 atom stereocenters. The Balaban J connectivity index is 1.22. The first-order valence-corrected chi connectivity index (χ1v) is 19.3. The smallest absolute Gasteiger partial charge is 0.235 e. The van der Waals surface area contributed by atoms with Crippen LogP contribution in [0.15, 0.2) is 186 Å². The van der Waals surface area contributed by atoms with E-state index in [1.54, 1.807) is 0 Å². The quantitative estimate of drug-likeness (QED) is 0.170. The summed E-state index contributed by atoms with van der Waals surface area (Å²) >= 11 is 0. The molecule has 9 aromatic carbocycles. The zero-order valence-electron chi connectivity index (χ0n) is 30.5. The van der Waals surface area contributed by atoms with Crippen molar-refractivity contribution in [1.29, 1.82) is 0 Å². The molecule has 0 N–H and O–H groups in total. The van der Waals surface area contributed by atoms with Crippen LogP contribution < -0.4 is 0 Å². The second-order valence-corrected chi connectivity index (χ2v) is 14.9. The van der Waals surface area contributed by atoms with Crippen LogP contribution in [0.1, 0.15) is 0 Å². The maximum absolute atomic E-state index is 6.37. The molecule has 0 radical (unpaired) electrons. The molecule has 0 aliphatic carbocycles. The third kappa shape index (κ3) is 4.17. The van der Waals surface area contributed by atoms with Gasteiger partial charge in [0.05, 0.1) is 33.5 Å². The van der Waals surface area contributed by atoms with Gasteiger partial charge in [0, 0.05) is 54.5 Å². The average molecular weight is 727 g/mol. The second-order valence-electron chi connectivity index (χ2n) is 14.9. The fourth-order valence-corrected chi connectivity index (χ4v) is 9.58. The van der Waals surface area contributed by atoms with E-state index in [4.69, 9.17) is 14.4 Å². The van der Waals surface area contributed by atoms with E-state index in [0.717, 1.165) is 72.1 Å². The number of aromatic nitrogens is 4. The first kappa shape index (κ1) is 30.6. The molecule has 5 heteroatoms. The van der Waals surface area contributed by atoms with Gasteiger partial charge in [-0.3, -0.25) is 4.57 Å². The average Bonchev–Trinajstić information content (AvgIpc) is 3.94. The molecule has 0 unspecified atom stereocenters. The third-order valence-electron chi connectivity index (χ3n) is 11.9. The van der Waals surface area contributed by atoms with E-state index < -0.39 is 0 Å². The fraction of sp³-hybridized carbons (Fsp3) is 0. The molecule has 0 bridgehead atoms. The van der Waals surface area contributed by atoms with Gasteiger partial charge in [-0.05, 0) is 64.7 Å². The number of fused-ring (bicyclic) bond motifs is 10. The minimum atomic E-state index is 0.612. The fourth-order valence-electron chi connectivity index (χ4n) is 9.58. The molecule has 264 valence electrons. The summed E-state index contributed by atoms with van der Waals surface area (Å²) in [5.41, 5.74) is 11.0. The highest BCUT2D eigenvalue weighted by Crippen LogP contribution is 2.49. The maximum atomic E-state index is 6.37. The van der Waals surface area contributed by atoms with Crippen molar-refractivity contribution >= 4 is 87.1 Å². The minimum absolute atomic E-state index is 0.612. The van der Waals surface area contributed by atoms with Crippen molar-refractivity contribution in [2.45, 2.75) is 0 Å². The Labute approximate surface area is 325 Å². The van der Waals surface area contributed by atoms with Gasteiger partial charge in [0.15, 0.2) is 0 Å². The molecule has 13 rings (SSSR count). The van der Waals surface area contributed by atoms with Crippen molar-refractivity contribution in [1.82, 2.24) is 19.1 Å². The van der Waals surface area contributed by atoms with E-state index in [2.05, 4.69) is 167 Å². The molecular formula is C52H30N4O. The Morgan fingerprint density at radius 3 is 1.81 bits per heavy atom. The third-order valence-corrected chi connectivity index (χ3v) is 11.9. The van der Waals surface area contributed by atoms with Gasteiger partial charge in [0.2, 0.25) is 5.95 Å². The first-order chi connectivity index (χ1) is 28.3. The molecule has 0 fully saturated rings. The van der Waals surface area contributed by atoms with Gasteiger partial charge in [0.25, 0.3) is 0 Å². The lowest BCUT2D eigenvalue weighted by atomic mass is 9.92. The lowest BCUT2D eigenvalue weighted by Gasteiger charge is -2.13. The van der Waals surface area contributed by atoms with Crippen LogP contribution in [0.25, 0.3) is 121 Å². The normalized spacial score (nSPS) is 12.2. The number of benzene rings is 9. The lowest BCUT2D eigenvalue weighted by molar-refractivity contribution is 0.669. The summed E-state index contributed by atoms with van der Waals surface area (Å²) in [7, 11) is 0. The number of furan rings is 1. The lowest BCUT2D eigenvalue weighted by Crippen LogP contribution is -2.04. The number of rotatable bonds is 4. The van der Waals surface area contributed by atoms with E-state index >= 15 is 0 Å². The molecule has 57 heavy (non-hydrogen) atoms. The Hall–Kier alpha value is -7.76. The van der Waals surface area contributed by atoms with Crippen molar-refractivity contribution in [2.24, 2.45) is 0 Å². The highest BCUT2D eigenvalue weighted by Gasteiger charge is 2.26. The molecule has 0 aliphatic rings. The van der Waals surface area contributed by atoms with E-state index in [-0.39, 0.29) is 0 Å². The second kappa shape index (κ2) is 11.4. The zero-order valence-corrected chi connectivity index (χ0v) is 30.5. The van der Waals surface area contributed by atoms with Gasteiger partial charge >= 0.3 is 0 Å². The van der Waals surface area contributed by atoms with Crippen LogP contribution in [0, 0.1) is 0 Å². The molecule has 13 aromatic rings. The van der Waals surface area contributed by atoms with Gasteiger partial charge in [-0.15, -0.1) is 0 Å². The highest BCUT2D eigenvalue weighted by atomic mass is 16.3. The minimum Gasteiger partial charge on any atom is -0.456 e. The van der Waals surface area contributed by atoms with Crippen LogP contribution in [-0.4, -0.2) is 19.1 Å². The van der Waals surface area contributed by atoms with Crippen molar-refractivity contribution in [3.05, 3.63) is 182 Å².